The van der Waals surface area contributed by atoms with Crippen molar-refractivity contribution in [1.29, 1.82) is 0 Å². The van der Waals surface area contributed by atoms with Crippen LogP contribution in [0.4, 0.5) is 0 Å². The Labute approximate surface area is 120 Å². The third-order valence-electron chi connectivity index (χ3n) is 3.20. The number of aromatic nitrogens is 3. The Balaban J connectivity index is 1.84. The molecule has 0 aromatic carbocycles. The summed E-state index contributed by atoms with van der Waals surface area (Å²) in [5.41, 5.74) is 0.419. The molecule has 21 heavy (non-hydrogen) atoms. The van der Waals surface area contributed by atoms with E-state index in [4.69, 9.17) is 19.7 Å². The molecule has 2 heterocycles. The van der Waals surface area contributed by atoms with E-state index in [1.807, 2.05) is 0 Å². The first-order chi connectivity index (χ1) is 10.1. The second-order valence-corrected chi connectivity index (χ2v) is 4.70. The number of aliphatic hydroxyl groups is 5. The average Bonchev–Trinajstić information content (AvgIpc) is 2.95. The maximum Gasteiger partial charge on any atom is 0.186 e. The zero-order valence-corrected chi connectivity index (χ0v) is 11.2. The lowest BCUT2D eigenvalue weighted by atomic mass is 9.99. The van der Waals surface area contributed by atoms with Crippen molar-refractivity contribution in [3.63, 3.8) is 0 Å². The lowest BCUT2D eigenvalue weighted by molar-refractivity contribution is -0.301. The fraction of sp³-hybridized carbons (Fsp3) is 0.818. The molecule has 0 radical (unpaired) electrons. The Hall–Kier alpha value is -1.14. The molecule has 1 aromatic heterocycles. The van der Waals surface area contributed by atoms with Crippen molar-refractivity contribution < 1.29 is 35.0 Å². The largest absolute Gasteiger partial charge is 0.394 e. The van der Waals surface area contributed by atoms with Gasteiger partial charge in [-0.2, -0.15) is 0 Å². The summed E-state index contributed by atoms with van der Waals surface area (Å²) in [5, 5.41) is 54.3. The number of hydrogen-bond donors (Lipinski definition) is 5. The van der Waals surface area contributed by atoms with Gasteiger partial charge in [0, 0.05) is 0 Å². The summed E-state index contributed by atoms with van der Waals surface area (Å²) in [6, 6.07) is 0. The van der Waals surface area contributed by atoms with E-state index in [-0.39, 0.29) is 13.2 Å². The zero-order valence-electron chi connectivity index (χ0n) is 11.2. The Bertz CT molecular complexity index is 441. The van der Waals surface area contributed by atoms with Gasteiger partial charge in [0.2, 0.25) is 0 Å². The molecule has 1 saturated heterocycles. The van der Waals surface area contributed by atoms with Crippen molar-refractivity contribution >= 4 is 0 Å². The van der Waals surface area contributed by atoms with Crippen LogP contribution in [0.5, 0.6) is 0 Å². The van der Waals surface area contributed by atoms with E-state index >= 15 is 0 Å². The van der Waals surface area contributed by atoms with Gasteiger partial charge in [0.15, 0.2) is 6.29 Å². The molecule has 0 aliphatic carbocycles. The summed E-state index contributed by atoms with van der Waals surface area (Å²) in [4.78, 5) is 0. The summed E-state index contributed by atoms with van der Waals surface area (Å²) >= 11 is 0. The molecule has 0 amide bonds. The molecule has 0 bridgehead atoms. The van der Waals surface area contributed by atoms with Crippen LogP contribution < -0.4 is 0 Å². The molecule has 2 rings (SSSR count). The van der Waals surface area contributed by atoms with Gasteiger partial charge >= 0.3 is 0 Å². The summed E-state index contributed by atoms with van der Waals surface area (Å²) in [5.74, 6) is 0. The minimum atomic E-state index is -1.46. The van der Waals surface area contributed by atoms with E-state index in [9.17, 15) is 15.3 Å². The molecule has 1 aromatic rings. The van der Waals surface area contributed by atoms with E-state index in [1.54, 1.807) is 0 Å². The van der Waals surface area contributed by atoms with Gasteiger partial charge in [-0.05, 0) is 0 Å². The smallest absolute Gasteiger partial charge is 0.186 e. The first-order valence-electron chi connectivity index (χ1n) is 6.48. The van der Waals surface area contributed by atoms with E-state index < -0.39 is 37.3 Å². The van der Waals surface area contributed by atoms with Gasteiger partial charge in [-0.3, -0.25) is 0 Å². The van der Waals surface area contributed by atoms with Crippen LogP contribution >= 0.6 is 0 Å². The molecule has 1 aliphatic rings. The van der Waals surface area contributed by atoms with Crippen molar-refractivity contribution in [3.8, 4) is 0 Å². The molecular formula is C11H19N3O7. The Morgan fingerprint density at radius 3 is 2.57 bits per heavy atom. The standard InChI is InChI=1S/C11H19N3O7/c15-4-6-3-14(13-12-6)1-2-20-11-10(19)9(18)8(17)7(5-16)21-11/h3,7-11,15-19H,1-2,4-5H2/t7-,8-,9+,10+,11+/m1/s1. The quantitative estimate of drug-likeness (QED) is 0.362. The van der Waals surface area contributed by atoms with Crippen molar-refractivity contribution in [3.05, 3.63) is 11.9 Å². The number of rotatable bonds is 6. The van der Waals surface area contributed by atoms with E-state index in [0.717, 1.165) is 0 Å². The molecule has 0 saturated carbocycles. The number of hydrogen-bond acceptors (Lipinski definition) is 9. The highest BCUT2D eigenvalue weighted by Gasteiger charge is 2.43. The topological polar surface area (TPSA) is 150 Å². The van der Waals surface area contributed by atoms with Crippen LogP contribution in [-0.2, 0) is 22.6 Å². The maximum absolute atomic E-state index is 9.75. The minimum Gasteiger partial charge on any atom is -0.394 e. The van der Waals surface area contributed by atoms with E-state index in [1.165, 1.54) is 10.9 Å². The maximum atomic E-state index is 9.75. The van der Waals surface area contributed by atoms with Crippen LogP contribution in [0.3, 0.4) is 0 Å². The second-order valence-electron chi connectivity index (χ2n) is 4.70. The van der Waals surface area contributed by atoms with Crippen LogP contribution in [0.2, 0.25) is 0 Å². The fourth-order valence-corrected chi connectivity index (χ4v) is 1.99. The highest BCUT2D eigenvalue weighted by Crippen LogP contribution is 2.21. The number of nitrogens with zero attached hydrogens (tertiary/aromatic N) is 3. The van der Waals surface area contributed by atoms with Gasteiger partial charge < -0.3 is 35.0 Å². The lowest BCUT2D eigenvalue weighted by Gasteiger charge is -2.39. The van der Waals surface area contributed by atoms with Gasteiger partial charge in [0.05, 0.1) is 32.6 Å². The molecule has 1 fully saturated rings. The summed E-state index contributed by atoms with van der Waals surface area (Å²) in [7, 11) is 0. The lowest BCUT2D eigenvalue weighted by Crippen LogP contribution is -2.59. The molecule has 0 unspecified atom stereocenters. The van der Waals surface area contributed by atoms with Crippen molar-refractivity contribution in [2.75, 3.05) is 13.2 Å². The van der Waals surface area contributed by atoms with Crippen molar-refractivity contribution in [1.82, 2.24) is 15.0 Å². The molecular weight excluding hydrogens is 286 g/mol. The van der Waals surface area contributed by atoms with Gasteiger partial charge in [0.25, 0.3) is 0 Å². The fourth-order valence-electron chi connectivity index (χ4n) is 1.99. The second kappa shape index (κ2) is 7.22. The normalized spacial score (nSPS) is 33.3. The third-order valence-corrected chi connectivity index (χ3v) is 3.20. The predicted octanol–water partition coefficient (Wildman–Crippen LogP) is -3.41. The number of ether oxygens (including phenoxy) is 2. The number of aliphatic hydroxyl groups excluding tert-OH is 5. The zero-order chi connectivity index (χ0) is 15.4. The minimum absolute atomic E-state index is 0.0942. The Kier molecular flexibility index (Phi) is 5.58. The van der Waals surface area contributed by atoms with E-state index in [0.29, 0.717) is 12.2 Å². The third kappa shape index (κ3) is 3.74. The monoisotopic (exact) mass is 305 g/mol. The van der Waals surface area contributed by atoms with Crippen LogP contribution in [0.1, 0.15) is 5.69 Å². The van der Waals surface area contributed by atoms with Gasteiger partial charge in [-0.1, -0.05) is 5.21 Å². The van der Waals surface area contributed by atoms with Gasteiger partial charge in [-0.15, -0.1) is 5.10 Å². The van der Waals surface area contributed by atoms with E-state index in [2.05, 4.69) is 10.3 Å². The Morgan fingerprint density at radius 2 is 1.95 bits per heavy atom. The highest BCUT2D eigenvalue weighted by molar-refractivity contribution is 4.90. The summed E-state index contributed by atoms with van der Waals surface area (Å²) in [6.07, 6.45) is -4.93. The molecule has 120 valence electrons. The average molecular weight is 305 g/mol. The van der Waals surface area contributed by atoms with Crippen molar-refractivity contribution in [2.45, 2.75) is 43.9 Å². The van der Waals surface area contributed by atoms with Gasteiger partial charge in [0.1, 0.15) is 30.1 Å². The van der Waals surface area contributed by atoms with Gasteiger partial charge in [-0.25, -0.2) is 4.68 Å². The SMILES string of the molecule is OCc1cn(CCO[C@H]2O[C@H](CO)[C@@H](O)[C@H](O)[C@@H]2O)nn1. The molecule has 1 aliphatic heterocycles. The Morgan fingerprint density at radius 1 is 1.19 bits per heavy atom. The molecule has 0 spiro atoms. The van der Waals surface area contributed by atoms with Crippen molar-refractivity contribution in [2.24, 2.45) is 0 Å². The molecule has 5 atom stereocenters. The van der Waals surface area contributed by atoms with Crippen LogP contribution in [-0.4, -0.2) is 84.4 Å². The summed E-state index contributed by atoms with van der Waals surface area (Å²) in [6.45, 7) is -0.333. The van der Waals surface area contributed by atoms with Crippen LogP contribution in [0.25, 0.3) is 0 Å². The molecule has 10 heteroatoms. The first kappa shape index (κ1) is 16.2. The first-order valence-corrected chi connectivity index (χ1v) is 6.48. The summed E-state index contributed by atoms with van der Waals surface area (Å²) < 4.78 is 11.9. The van der Waals surface area contributed by atoms with Crippen LogP contribution in [0, 0.1) is 0 Å². The highest BCUT2D eigenvalue weighted by atomic mass is 16.7. The molecule has 5 N–H and O–H groups in total. The van der Waals surface area contributed by atoms with Crippen LogP contribution in [0.15, 0.2) is 6.20 Å². The molecule has 10 nitrogen and oxygen atoms in total. The predicted molar refractivity (Wildman–Crippen MR) is 65.7 cm³/mol.